The largest absolute Gasteiger partial charge is 0.490 e. The summed E-state index contributed by atoms with van der Waals surface area (Å²) in [5.41, 5.74) is 3.51. The Labute approximate surface area is 217 Å². The maximum absolute atomic E-state index is 10.6. The molecule has 0 radical (unpaired) electrons. The normalized spacial score (nSPS) is 13.7. The van der Waals surface area contributed by atoms with Crippen LogP contribution in [0.15, 0.2) is 53.7 Å². The van der Waals surface area contributed by atoms with Crippen molar-refractivity contribution in [3.05, 3.63) is 72.0 Å². The van der Waals surface area contributed by atoms with Gasteiger partial charge in [0.05, 0.1) is 30.6 Å². The zero-order valence-corrected chi connectivity index (χ0v) is 20.2. The van der Waals surface area contributed by atoms with Crippen molar-refractivity contribution in [2.45, 2.75) is 51.6 Å². The Morgan fingerprint density at radius 2 is 1.67 bits per heavy atom. The molecule has 39 heavy (non-hydrogen) atoms. The zero-order valence-electron chi connectivity index (χ0n) is 20.2. The number of carboxylic acid groups (broad SMARTS) is 2. The second-order valence-electron chi connectivity index (χ2n) is 7.93. The van der Waals surface area contributed by atoms with Gasteiger partial charge in [0.25, 0.3) is 0 Å². The summed E-state index contributed by atoms with van der Waals surface area (Å²) >= 11 is 0. The van der Waals surface area contributed by atoms with E-state index in [0.29, 0.717) is 13.2 Å². The standard InChI is InChI=1S/C19H22N4O2.2C2HF3O2/c1-4-16(10-20-6-1)11-22-7-3-8-23-15-21-18(19(23)12-22)14-24-13-17-5-2-9-25-17;2*3-2(4,5)1(6)7/h1-2,4-6,9-10,15H,3,7-8,11-14H2;2*(H,6,7). The molecular formula is C23H24F6N4O6. The smallest absolute Gasteiger partial charge is 0.475 e. The van der Waals surface area contributed by atoms with Crippen LogP contribution in [0.25, 0.3) is 0 Å². The van der Waals surface area contributed by atoms with Crippen molar-refractivity contribution in [2.75, 3.05) is 6.54 Å². The summed E-state index contributed by atoms with van der Waals surface area (Å²) in [5, 5.41) is 14.2. The van der Waals surface area contributed by atoms with E-state index < -0.39 is 24.3 Å². The van der Waals surface area contributed by atoms with Crippen LogP contribution in [0.1, 0.15) is 29.1 Å². The summed E-state index contributed by atoms with van der Waals surface area (Å²) < 4.78 is 76.8. The van der Waals surface area contributed by atoms with E-state index in [4.69, 9.17) is 29.0 Å². The van der Waals surface area contributed by atoms with E-state index in [1.807, 2.05) is 36.9 Å². The maximum Gasteiger partial charge on any atom is 0.490 e. The summed E-state index contributed by atoms with van der Waals surface area (Å²) in [6.07, 6.45) is -1.69. The third-order valence-corrected chi connectivity index (χ3v) is 4.96. The highest BCUT2D eigenvalue weighted by Crippen LogP contribution is 2.19. The molecule has 4 rings (SSSR count). The lowest BCUT2D eigenvalue weighted by Gasteiger charge is -2.20. The molecule has 10 nitrogen and oxygen atoms in total. The average molecular weight is 566 g/mol. The van der Waals surface area contributed by atoms with Crippen LogP contribution >= 0.6 is 0 Å². The van der Waals surface area contributed by atoms with E-state index in [9.17, 15) is 26.3 Å². The number of rotatable bonds is 6. The number of imidazole rings is 1. The number of aliphatic carboxylic acids is 2. The molecule has 0 saturated carbocycles. The van der Waals surface area contributed by atoms with Gasteiger partial charge in [-0.15, -0.1) is 0 Å². The number of nitrogens with zero attached hydrogens (tertiary/aromatic N) is 4. The van der Waals surface area contributed by atoms with Crippen molar-refractivity contribution in [3.8, 4) is 0 Å². The fraction of sp³-hybridized carbons (Fsp3) is 0.391. The Balaban J connectivity index is 0.000000317. The van der Waals surface area contributed by atoms with Crippen LogP contribution < -0.4 is 0 Å². The number of aromatic nitrogens is 3. The van der Waals surface area contributed by atoms with E-state index in [2.05, 4.69) is 25.5 Å². The molecule has 0 unspecified atom stereocenters. The SMILES string of the molecule is O=C(O)C(F)(F)F.O=C(O)C(F)(F)F.c1cncc(CN2CCCn3cnc(COCc4ccco4)c3C2)c1. The van der Waals surface area contributed by atoms with Gasteiger partial charge in [-0.25, -0.2) is 14.6 Å². The van der Waals surface area contributed by atoms with Crippen LogP contribution in [0.5, 0.6) is 0 Å². The highest BCUT2D eigenvalue weighted by molar-refractivity contribution is 5.73. The molecule has 3 aromatic heterocycles. The number of furan rings is 1. The first-order valence-corrected chi connectivity index (χ1v) is 11.1. The van der Waals surface area contributed by atoms with Crippen molar-refractivity contribution in [2.24, 2.45) is 0 Å². The highest BCUT2D eigenvalue weighted by Gasteiger charge is 2.38. The molecule has 3 aromatic rings. The van der Waals surface area contributed by atoms with E-state index in [-0.39, 0.29) is 0 Å². The topological polar surface area (TPSA) is 131 Å². The molecule has 0 amide bonds. The Morgan fingerprint density at radius 1 is 1.00 bits per heavy atom. The molecule has 0 fully saturated rings. The maximum atomic E-state index is 10.6. The Morgan fingerprint density at radius 3 is 2.21 bits per heavy atom. The van der Waals surface area contributed by atoms with E-state index in [0.717, 1.165) is 44.1 Å². The number of pyridine rings is 1. The number of halogens is 6. The van der Waals surface area contributed by atoms with Crippen LogP contribution in [0.4, 0.5) is 26.3 Å². The van der Waals surface area contributed by atoms with E-state index in [1.54, 1.807) is 6.26 Å². The fourth-order valence-corrected chi connectivity index (χ4v) is 3.23. The average Bonchev–Trinajstić information content (AvgIpc) is 3.45. The molecule has 1 aliphatic heterocycles. The Kier molecular flexibility index (Phi) is 11.5. The van der Waals surface area contributed by atoms with Crippen molar-refractivity contribution < 1.29 is 55.3 Å². The summed E-state index contributed by atoms with van der Waals surface area (Å²) in [5.74, 6) is -4.68. The summed E-state index contributed by atoms with van der Waals surface area (Å²) in [4.78, 5) is 29.0. The molecular weight excluding hydrogens is 542 g/mol. The molecule has 0 spiro atoms. The van der Waals surface area contributed by atoms with Gasteiger partial charge in [-0.2, -0.15) is 26.3 Å². The van der Waals surface area contributed by atoms with Gasteiger partial charge in [-0.05, 0) is 30.2 Å². The summed E-state index contributed by atoms with van der Waals surface area (Å²) in [6, 6.07) is 7.91. The minimum Gasteiger partial charge on any atom is -0.475 e. The zero-order chi connectivity index (χ0) is 29.1. The van der Waals surface area contributed by atoms with Crippen molar-refractivity contribution >= 4 is 11.9 Å². The van der Waals surface area contributed by atoms with Crippen LogP contribution in [0.3, 0.4) is 0 Å². The molecule has 1 aliphatic rings. The first kappa shape index (κ1) is 31.3. The van der Waals surface area contributed by atoms with Gasteiger partial charge in [0.2, 0.25) is 0 Å². The van der Waals surface area contributed by atoms with Crippen molar-refractivity contribution in [1.82, 2.24) is 19.4 Å². The lowest BCUT2D eigenvalue weighted by molar-refractivity contribution is -0.193. The monoisotopic (exact) mass is 566 g/mol. The third kappa shape index (κ3) is 11.2. The predicted octanol–water partition coefficient (Wildman–Crippen LogP) is 4.26. The van der Waals surface area contributed by atoms with Crippen LogP contribution in [0, 0.1) is 0 Å². The van der Waals surface area contributed by atoms with Gasteiger partial charge in [0, 0.05) is 38.6 Å². The predicted molar refractivity (Wildman–Crippen MR) is 120 cm³/mol. The Bertz CT molecular complexity index is 1140. The van der Waals surface area contributed by atoms with Gasteiger partial charge in [-0.1, -0.05) is 6.07 Å². The van der Waals surface area contributed by atoms with E-state index in [1.165, 1.54) is 11.3 Å². The number of hydrogen-bond acceptors (Lipinski definition) is 7. The van der Waals surface area contributed by atoms with Crippen LogP contribution in [-0.2, 0) is 47.2 Å². The first-order chi connectivity index (χ1) is 18.3. The number of ether oxygens (including phenoxy) is 1. The summed E-state index contributed by atoms with van der Waals surface area (Å²) in [7, 11) is 0. The van der Waals surface area contributed by atoms with Crippen LogP contribution in [-0.4, -0.2) is 60.5 Å². The van der Waals surface area contributed by atoms with E-state index >= 15 is 0 Å². The third-order valence-electron chi connectivity index (χ3n) is 4.96. The van der Waals surface area contributed by atoms with Gasteiger partial charge in [0.1, 0.15) is 12.4 Å². The second-order valence-corrected chi connectivity index (χ2v) is 7.93. The first-order valence-electron chi connectivity index (χ1n) is 11.1. The van der Waals surface area contributed by atoms with Gasteiger partial charge < -0.3 is 23.9 Å². The number of carbonyl (C=O) groups is 2. The lowest BCUT2D eigenvalue weighted by Crippen LogP contribution is -2.23. The van der Waals surface area contributed by atoms with Crippen molar-refractivity contribution in [1.29, 1.82) is 0 Å². The molecule has 0 aromatic carbocycles. The molecule has 0 bridgehead atoms. The fourth-order valence-electron chi connectivity index (χ4n) is 3.23. The molecule has 16 heteroatoms. The van der Waals surface area contributed by atoms with Gasteiger partial charge in [-0.3, -0.25) is 9.88 Å². The van der Waals surface area contributed by atoms with Crippen molar-refractivity contribution in [3.63, 3.8) is 0 Å². The minimum absolute atomic E-state index is 0.471. The lowest BCUT2D eigenvalue weighted by atomic mass is 10.2. The highest BCUT2D eigenvalue weighted by atomic mass is 19.4. The van der Waals surface area contributed by atoms with Gasteiger partial charge >= 0.3 is 24.3 Å². The van der Waals surface area contributed by atoms with Crippen LogP contribution in [0.2, 0.25) is 0 Å². The number of hydrogen-bond donors (Lipinski definition) is 2. The molecule has 214 valence electrons. The molecule has 0 atom stereocenters. The Hall–Kier alpha value is -3.92. The second kappa shape index (κ2) is 14.3. The summed E-state index contributed by atoms with van der Waals surface area (Å²) in [6.45, 7) is 4.84. The number of carboxylic acids is 2. The number of fused-ring (bicyclic) bond motifs is 1. The molecule has 2 N–H and O–H groups in total. The quantitative estimate of drug-likeness (QED) is 0.420. The number of alkyl halides is 6. The number of aryl methyl sites for hydroxylation is 1. The molecule has 4 heterocycles. The van der Waals surface area contributed by atoms with Gasteiger partial charge in [0.15, 0.2) is 0 Å². The minimum atomic E-state index is -5.08. The molecule has 0 saturated heterocycles. The molecule has 0 aliphatic carbocycles.